The minimum atomic E-state index is -0.442. The third-order valence-electron chi connectivity index (χ3n) is 2.63. The first-order valence-corrected chi connectivity index (χ1v) is 5.97. The quantitative estimate of drug-likeness (QED) is 0.782. The minimum Gasteiger partial charge on any atom is -0.299 e. The molecule has 2 nitrogen and oxygen atoms in total. The predicted octanol–water partition coefficient (Wildman–Crippen LogP) is 3.18. The molecule has 3 heteroatoms. The molecule has 1 aromatic carbocycles. The van der Waals surface area contributed by atoms with E-state index in [2.05, 4.69) is 25.7 Å². The lowest BCUT2D eigenvalue weighted by Gasteiger charge is -2.22. The summed E-state index contributed by atoms with van der Waals surface area (Å²) in [5.74, 6) is 0.161. The van der Waals surface area contributed by atoms with Crippen molar-refractivity contribution in [3.8, 4) is 6.07 Å². The molecule has 17 heavy (non-hydrogen) atoms. The van der Waals surface area contributed by atoms with Gasteiger partial charge in [0.05, 0.1) is 5.56 Å². The van der Waals surface area contributed by atoms with Crippen molar-refractivity contribution < 1.29 is 4.39 Å². The summed E-state index contributed by atoms with van der Waals surface area (Å²) in [6.45, 7) is 9.19. The number of halogens is 1. The molecule has 0 unspecified atom stereocenters. The van der Waals surface area contributed by atoms with E-state index >= 15 is 0 Å². The molecule has 1 aromatic rings. The Bertz CT molecular complexity index is 407. The highest BCUT2D eigenvalue weighted by Gasteiger charge is 2.08. The van der Waals surface area contributed by atoms with E-state index in [1.54, 1.807) is 12.1 Å². The zero-order chi connectivity index (χ0) is 12.8. The Kier molecular flexibility index (Phi) is 5.11. The van der Waals surface area contributed by atoms with Gasteiger partial charge < -0.3 is 0 Å². The Hall–Kier alpha value is -1.40. The molecule has 0 aliphatic heterocycles. The van der Waals surface area contributed by atoms with Gasteiger partial charge in [-0.05, 0) is 30.2 Å². The highest BCUT2D eigenvalue weighted by molar-refractivity contribution is 5.34. The van der Waals surface area contributed by atoms with Gasteiger partial charge in [-0.15, -0.1) is 0 Å². The second-order valence-corrected chi connectivity index (χ2v) is 4.65. The van der Waals surface area contributed by atoms with Crippen molar-refractivity contribution in [2.45, 2.75) is 27.3 Å². The summed E-state index contributed by atoms with van der Waals surface area (Å²) in [6.07, 6.45) is 0. The summed E-state index contributed by atoms with van der Waals surface area (Å²) in [4.78, 5) is 2.29. The van der Waals surface area contributed by atoms with Crippen LogP contribution in [0, 0.1) is 23.1 Å². The normalized spacial score (nSPS) is 10.9. The van der Waals surface area contributed by atoms with Gasteiger partial charge in [-0.3, -0.25) is 4.90 Å². The average molecular weight is 234 g/mol. The molecule has 0 aliphatic rings. The Labute approximate surface area is 103 Å². The second kappa shape index (κ2) is 6.36. The van der Waals surface area contributed by atoms with Gasteiger partial charge in [0.15, 0.2) is 0 Å². The van der Waals surface area contributed by atoms with E-state index in [0.29, 0.717) is 5.92 Å². The molecule has 0 heterocycles. The molecule has 92 valence electrons. The molecule has 0 aromatic heterocycles. The number of nitriles is 1. The summed E-state index contributed by atoms with van der Waals surface area (Å²) >= 11 is 0. The van der Waals surface area contributed by atoms with Gasteiger partial charge in [-0.25, -0.2) is 4.39 Å². The number of nitrogens with zero attached hydrogens (tertiary/aromatic N) is 2. The fourth-order valence-electron chi connectivity index (χ4n) is 1.84. The standard InChI is InChI=1S/C14H19FN2/c1-4-17(9-11(2)3)10-12-5-6-14(15)13(7-12)8-16/h5-7,11H,4,9-10H2,1-3H3. The van der Waals surface area contributed by atoms with Gasteiger partial charge >= 0.3 is 0 Å². The molecule has 0 bridgehead atoms. The van der Waals surface area contributed by atoms with E-state index in [1.807, 2.05) is 6.07 Å². The van der Waals surface area contributed by atoms with Crippen LogP contribution >= 0.6 is 0 Å². The van der Waals surface area contributed by atoms with E-state index in [-0.39, 0.29) is 5.56 Å². The van der Waals surface area contributed by atoms with Crippen molar-refractivity contribution in [1.82, 2.24) is 4.90 Å². The zero-order valence-electron chi connectivity index (χ0n) is 10.7. The number of hydrogen-bond acceptors (Lipinski definition) is 2. The van der Waals surface area contributed by atoms with Crippen LogP contribution in [0.2, 0.25) is 0 Å². The molecule has 0 radical (unpaired) electrons. The molecule has 0 aliphatic carbocycles. The molecule has 1 rings (SSSR count). The maximum Gasteiger partial charge on any atom is 0.140 e. The van der Waals surface area contributed by atoms with Crippen LogP contribution in [-0.4, -0.2) is 18.0 Å². The molecule has 0 fully saturated rings. The summed E-state index contributed by atoms with van der Waals surface area (Å²) in [7, 11) is 0. The Balaban J connectivity index is 2.77. The average Bonchev–Trinajstić information content (AvgIpc) is 2.30. The Morgan fingerprint density at radius 3 is 2.65 bits per heavy atom. The largest absolute Gasteiger partial charge is 0.299 e. The van der Waals surface area contributed by atoms with E-state index in [9.17, 15) is 4.39 Å². The van der Waals surface area contributed by atoms with Gasteiger partial charge in [0.2, 0.25) is 0 Å². The SMILES string of the molecule is CCN(Cc1ccc(F)c(C#N)c1)CC(C)C. The fourth-order valence-corrected chi connectivity index (χ4v) is 1.84. The van der Waals surface area contributed by atoms with Gasteiger partial charge in [0, 0.05) is 13.1 Å². The van der Waals surface area contributed by atoms with Crippen molar-refractivity contribution >= 4 is 0 Å². The summed E-state index contributed by atoms with van der Waals surface area (Å²) in [6, 6.07) is 6.63. The summed E-state index contributed by atoms with van der Waals surface area (Å²) in [5.41, 5.74) is 1.12. The van der Waals surface area contributed by atoms with Crippen molar-refractivity contribution in [3.63, 3.8) is 0 Å². The van der Waals surface area contributed by atoms with Crippen LogP contribution < -0.4 is 0 Å². The Morgan fingerprint density at radius 1 is 1.41 bits per heavy atom. The monoisotopic (exact) mass is 234 g/mol. The highest BCUT2D eigenvalue weighted by Crippen LogP contribution is 2.12. The lowest BCUT2D eigenvalue weighted by molar-refractivity contribution is 0.248. The smallest absolute Gasteiger partial charge is 0.140 e. The topological polar surface area (TPSA) is 27.0 Å². The molecule has 0 saturated carbocycles. The predicted molar refractivity (Wildman–Crippen MR) is 66.9 cm³/mol. The molecular formula is C14H19FN2. The first kappa shape index (κ1) is 13.7. The second-order valence-electron chi connectivity index (χ2n) is 4.65. The summed E-state index contributed by atoms with van der Waals surface area (Å²) < 4.78 is 13.2. The molecule has 0 atom stereocenters. The Morgan fingerprint density at radius 2 is 2.12 bits per heavy atom. The first-order valence-electron chi connectivity index (χ1n) is 5.97. The van der Waals surface area contributed by atoms with Gasteiger partial charge in [-0.1, -0.05) is 26.8 Å². The van der Waals surface area contributed by atoms with E-state index in [0.717, 1.165) is 25.2 Å². The minimum absolute atomic E-state index is 0.128. The molecule has 0 saturated heterocycles. The van der Waals surface area contributed by atoms with Crippen LogP contribution in [-0.2, 0) is 6.54 Å². The van der Waals surface area contributed by atoms with Crippen molar-refractivity contribution in [2.75, 3.05) is 13.1 Å². The molecule has 0 N–H and O–H groups in total. The maximum absolute atomic E-state index is 13.2. The molecule has 0 spiro atoms. The number of benzene rings is 1. The van der Waals surface area contributed by atoms with E-state index in [1.165, 1.54) is 6.07 Å². The van der Waals surface area contributed by atoms with Crippen molar-refractivity contribution in [3.05, 3.63) is 35.1 Å². The number of hydrogen-bond donors (Lipinski definition) is 0. The van der Waals surface area contributed by atoms with Crippen LogP contribution in [0.4, 0.5) is 4.39 Å². The van der Waals surface area contributed by atoms with Crippen molar-refractivity contribution in [2.24, 2.45) is 5.92 Å². The lowest BCUT2D eigenvalue weighted by atomic mass is 10.1. The van der Waals surface area contributed by atoms with Gasteiger partial charge in [-0.2, -0.15) is 5.26 Å². The van der Waals surface area contributed by atoms with E-state index < -0.39 is 5.82 Å². The van der Waals surface area contributed by atoms with Crippen LogP contribution in [0.3, 0.4) is 0 Å². The molecule has 0 amide bonds. The third kappa shape index (κ3) is 4.16. The van der Waals surface area contributed by atoms with Crippen LogP contribution in [0.5, 0.6) is 0 Å². The fraction of sp³-hybridized carbons (Fsp3) is 0.500. The van der Waals surface area contributed by atoms with E-state index in [4.69, 9.17) is 5.26 Å². The maximum atomic E-state index is 13.2. The van der Waals surface area contributed by atoms with Crippen molar-refractivity contribution in [1.29, 1.82) is 5.26 Å². The number of rotatable bonds is 5. The summed E-state index contributed by atoms with van der Waals surface area (Å²) in [5, 5.41) is 8.78. The zero-order valence-corrected chi connectivity index (χ0v) is 10.7. The first-order chi connectivity index (χ1) is 8.06. The van der Waals surface area contributed by atoms with Gasteiger partial charge in [0.1, 0.15) is 11.9 Å². The molecular weight excluding hydrogens is 215 g/mol. The van der Waals surface area contributed by atoms with Crippen LogP contribution in [0.15, 0.2) is 18.2 Å². The van der Waals surface area contributed by atoms with Gasteiger partial charge in [0.25, 0.3) is 0 Å². The third-order valence-corrected chi connectivity index (χ3v) is 2.63. The van der Waals surface area contributed by atoms with Crippen LogP contribution in [0.1, 0.15) is 31.9 Å². The lowest BCUT2D eigenvalue weighted by Crippen LogP contribution is -2.27. The van der Waals surface area contributed by atoms with Crippen LogP contribution in [0.25, 0.3) is 0 Å². The highest BCUT2D eigenvalue weighted by atomic mass is 19.1.